The van der Waals surface area contributed by atoms with Gasteiger partial charge in [-0.15, -0.1) is 0 Å². The van der Waals surface area contributed by atoms with Gasteiger partial charge < -0.3 is 20.1 Å². The van der Waals surface area contributed by atoms with Crippen LogP contribution in [0.3, 0.4) is 0 Å². The zero-order valence-corrected chi connectivity index (χ0v) is 21.1. The van der Waals surface area contributed by atoms with Gasteiger partial charge in [-0.3, -0.25) is 9.59 Å². The Bertz CT molecular complexity index is 741. The average Bonchev–Trinajstić information content (AvgIpc) is 2.79. The van der Waals surface area contributed by atoms with E-state index < -0.39 is 0 Å². The second-order valence-electron chi connectivity index (χ2n) is 6.44. The number of amides is 2. The molecule has 0 aromatic rings. The molecule has 0 aromatic carbocycles. The van der Waals surface area contributed by atoms with E-state index in [1.165, 1.54) is 6.26 Å². The van der Waals surface area contributed by atoms with Crippen molar-refractivity contribution in [2.75, 3.05) is 27.3 Å². The van der Waals surface area contributed by atoms with Gasteiger partial charge in [-0.2, -0.15) is 0 Å². The molecule has 0 aliphatic rings. The van der Waals surface area contributed by atoms with Crippen molar-refractivity contribution < 1.29 is 19.1 Å². The lowest BCUT2D eigenvalue weighted by atomic mass is 9.95. The number of carbonyl (C=O) groups excluding carboxylic acids is 2. The van der Waals surface area contributed by atoms with Gasteiger partial charge in [0.1, 0.15) is 5.76 Å². The number of allylic oxidation sites excluding steroid dienone is 4. The summed E-state index contributed by atoms with van der Waals surface area (Å²) < 4.78 is 10.0. The maximum absolute atomic E-state index is 12.8. The second-order valence-corrected chi connectivity index (χ2v) is 6.44. The van der Waals surface area contributed by atoms with Crippen molar-refractivity contribution in [3.8, 4) is 0 Å². The first kappa shape index (κ1) is 31.2. The lowest BCUT2D eigenvalue weighted by molar-refractivity contribution is -0.117. The van der Waals surface area contributed by atoms with Gasteiger partial charge in [0.05, 0.1) is 27.0 Å². The van der Waals surface area contributed by atoms with Gasteiger partial charge in [0.2, 0.25) is 0 Å². The Morgan fingerprint density at radius 2 is 1.56 bits per heavy atom. The number of carbonyl (C=O) groups is 2. The van der Waals surface area contributed by atoms with Gasteiger partial charge in [0, 0.05) is 17.7 Å². The summed E-state index contributed by atoms with van der Waals surface area (Å²) in [5.74, 6) is 0.0767. The molecule has 0 radical (unpaired) electrons. The zero-order chi connectivity index (χ0) is 24.9. The van der Waals surface area contributed by atoms with Crippen LogP contribution in [-0.4, -0.2) is 39.1 Å². The van der Waals surface area contributed by atoms with E-state index in [-0.39, 0.29) is 23.9 Å². The average molecular weight is 447 g/mol. The van der Waals surface area contributed by atoms with Crippen LogP contribution in [-0.2, 0) is 19.1 Å². The first-order valence-corrected chi connectivity index (χ1v) is 11.0. The Morgan fingerprint density at radius 3 is 2.09 bits per heavy atom. The topological polar surface area (TPSA) is 76.7 Å². The molecular weight excluding hydrogens is 404 g/mol. The molecule has 0 aromatic heterocycles. The lowest BCUT2D eigenvalue weighted by Crippen LogP contribution is -2.30. The van der Waals surface area contributed by atoms with E-state index in [9.17, 15) is 9.59 Å². The van der Waals surface area contributed by atoms with Crippen LogP contribution in [0.1, 0.15) is 54.4 Å². The van der Waals surface area contributed by atoms with E-state index in [0.29, 0.717) is 23.5 Å². The molecule has 2 amide bonds. The molecule has 0 saturated heterocycles. The van der Waals surface area contributed by atoms with Crippen molar-refractivity contribution in [3.63, 3.8) is 0 Å². The number of ether oxygens (including phenoxy) is 2. The van der Waals surface area contributed by atoms with E-state index in [4.69, 9.17) is 9.47 Å². The number of rotatable bonds is 13. The van der Waals surface area contributed by atoms with E-state index in [1.54, 1.807) is 39.4 Å². The van der Waals surface area contributed by atoms with Gasteiger partial charge in [-0.1, -0.05) is 52.5 Å². The number of hydrogen-bond acceptors (Lipinski definition) is 4. The Balaban J connectivity index is 0. The minimum Gasteiger partial charge on any atom is -0.504 e. The van der Waals surface area contributed by atoms with Crippen molar-refractivity contribution in [3.05, 3.63) is 71.3 Å². The highest BCUT2D eigenvalue weighted by atomic mass is 16.5. The van der Waals surface area contributed by atoms with Gasteiger partial charge in [-0.25, -0.2) is 0 Å². The highest BCUT2D eigenvalue weighted by molar-refractivity contribution is 6.04. The molecule has 0 heterocycles. The van der Waals surface area contributed by atoms with Crippen molar-refractivity contribution in [2.24, 2.45) is 0 Å². The third-order valence-corrected chi connectivity index (χ3v) is 4.19. The molecule has 0 unspecified atom stereocenters. The summed E-state index contributed by atoms with van der Waals surface area (Å²) in [7, 11) is 3.13. The maximum Gasteiger partial charge on any atom is 0.252 e. The fourth-order valence-electron chi connectivity index (χ4n) is 2.61. The fraction of sp³-hybridized carbons (Fsp3) is 0.462. The first-order chi connectivity index (χ1) is 15.3. The van der Waals surface area contributed by atoms with Crippen LogP contribution in [0.4, 0.5) is 0 Å². The normalized spacial score (nSPS) is 12.6. The molecule has 180 valence electrons. The highest BCUT2D eigenvalue weighted by Crippen LogP contribution is 2.21. The number of hydrogen-bond donors (Lipinski definition) is 2. The third-order valence-electron chi connectivity index (χ3n) is 4.19. The molecule has 2 N–H and O–H groups in total. The number of nitrogens with one attached hydrogen (secondary N) is 2. The van der Waals surface area contributed by atoms with Crippen LogP contribution in [0, 0.1) is 0 Å². The first-order valence-electron chi connectivity index (χ1n) is 11.0. The molecule has 0 aliphatic carbocycles. The van der Waals surface area contributed by atoms with Gasteiger partial charge >= 0.3 is 0 Å². The molecular formula is C26H42N2O4. The zero-order valence-electron chi connectivity index (χ0n) is 21.1. The van der Waals surface area contributed by atoms with Gasteiger partial charge in [-0.05, 0) is 50.0 Å². The van der Waals surface area contributed by atoms with E-state index in [2.05, 4.69) is 17.2 Å². The molecule has 0 bridgehead atoms. The van der Waals surface area contributed by atoms with E-state index in [1.807, 2.05) is 46.8 Å². The molecule has 32 heavy (non-hydrogen) atoms. The van der Waals surface area contributed by atoms with Gasteiger partial charge in [0.15, 0.2) is 0 Å². The van der Waals surface area contributed by atoms with Crippen LogP contribution < -0.4 is 10.6 Å². The summed E-state index contributed by atoms with van der Waals surface area (Å²) >= 11 is 0. The predicted molar refractivity (Wildman–Crippen MR) is 134 cm³/mol. The van der Waals surface area contributed by atoms with Crippen molar-refractivity contribution in [1.29, 1.82) is 0 Å². The Labute approximate surface area is 194 Å². The highest BCUT2D eigenvalue weighted by Gasteiger charge is 2.19. The Kier molecular flexibility index (Phi) is 19.4. The molecule has 0 saturated carbocycles. The molecule has 0 spiro atoms. The maximum atomic E-state index is 12.8. The largest absolute Gasteiger partial charge is 0.504 e. The summed E-state index contributed by atoms with van der Waals surface area (Å²) in [4.78, 5) is 25.4. The quantitative estimate of drug-likeness (QED) is 0.234. The second kappa shape index (κ2) is 19.9. The fourth-order valence-corrected chi connectivity index (χ4v) is 2.61. The SMILES string of the molecule is C=C(C(=O)NC/C(=C/CC)OC)/C(C)=C(C(=O)NC/C=C/C=C\OC)\C(C)=C/CC.CC. The van der Waals surface area contributed by atoms with Crippen molar-refractivity contribution in [2.45, 2.75) is 54.4 Å². The monoisotopic (exact) mass is 446 g/mol. The van der Waals surface area contributed by atoms with Gasteiger partial charge in [0.25, 0.3) is 11.8 Å². The third kappa shape index (κ3) is 12.6. The Morgan fingerprint density at radius 1 is 0.938 bits per heavy atom. The van der Waals surface area contributed by atoms with Crippen LogP contribution in [0.15, 0.2) is 71.3 Å². The van der Waals surface area contributed by atoms with Crippen LogP contribution in [0.2, 0.25) is 0 Å². The van der Waals surface area contributed by atoms with E-state index in [0.717, 1.165) is 18.4 Å². The molecule has 0 aliphatic heterocycles. The Hall–Kier alpha value is -3.02. The van der Waals surface area contributed by atoms with Crippen molar-refractivity contribution in [1.82, 2.24) is 10.6 Å². The molecule has 6 heteroatoms. The minimum atomic E-state index is -0.342. The van der Waals surface area contributed by atoms with Crippen molar-refractivity contribution >= 4 is 11.8 Å². The number of methoxy groups -OCH3 is 2. The summed E-state index contributed by atoms with van der Waals surface area (Å²) in [6.07, 6.45) is 12.3. The summed E-state index contributed by atoms with van der Waals surface area (Å²) in [5.41, 5.74) is 2.03. The molecule has 6 nitrogen and oxygen atoms in total. The summed E-state index contributed by atoms with van der Waals surface area (Å²) in [6.45, 7) is 16.1. The summed E-state index contributed by atoms with van der Waals surface area (Å²) in [5, 5.41) is 5.64. The van der Waals surface area contributed by atoms with Crippen LogP contribution in [0.5, 0.6) is 0 Å². The molecule has 0 atom stereocenters. The smallest absolute Gasteiger partial charge is 0.252 e. The minimum absolute atomic E-state index is 0.245. The van der Waals surface area contributed by atoms with Crippen LogP contribution >= 0.6 is 0 Å². The standard InChI is InChI=1S/C24H36N2O4.C2H6/c1-8-13-18(3)22(24(28)25-15-11-10-12-16-29-6)19(4)20(5)23(27)26-17-21(30-7)14-9-2;1-2/h10-14,16H,5,8-9,15,17H2,1-4,6-7H3,(H,25,28)(H,26,27);1-2H3/b11-10+,16-12-,18-13-,21-14-,22-19+;. The molecule has 0 rings (SSSR count). The summed E-state index contributed by atoms with van der Waals surface area (Å²) in [6, 6.07) is 0. The predicted octanol–water partition coefficient (Wildman–Crippen LogP) is 5.13. The van der Waals surface area contributed by atoms with E-state index >= 15 is 0 Å². The lowest BCUT2D eigenvalue weighted by Gasteiger charge is -2.15. The molecule has 0 fully saturated rings. The van der Waals surface area contributed by atoms with Crippen LogP contribution in [0.25, 0.3) is 0 Å².